The van der Waals surface area contributed by atoms with Gasteiger partial charge in [-0.15, -0.1) is 0 Å². The lowest BCUT2D eigenvalue weighted by Gasteiger charge is -2.40. The van der Waals surface area contributed by atoms with Crippen LogP contribution in [0.2, 0.25) is 0 Å². The lowest BCUT2D eigenvalue weighted by molar-refractivity contribution is -0.253. The van der Waals surface area contributed by atoms with Crippen molar-refractivity contribution in [1.29, 1.82) is 0 Å². The molecule has 7 N–H and O–H groups in total. The average molecular weight is 448 g/mol. The number of aliphatic hydroxyl groups excluding tert-OH is 4. The van der Waals surface area contributed by atoms with Crippen molar-refractivity contribution in [1.82, 2.24) is 5.32 Å². The first-order chi connectivity index (χ1) is 15.2. The molecule has 1 aliphatic rings. The highest BCUT2D eigenvalue weighted by Gasteiger charge is 2.44. The minimum atomic E-state index is -1.70. The van der Waals surface area contributed by atoms with E-state index in [2.05, 4.69) is 5.32 Å². The summed E-state index contributed by atoms with van der Waals surface area (Å²) in [5.74, 6) is -1.47. The zero-order valence-electron chi connectivity index (χ0n) is 16.8. The van der Waals surface area contributed by atoms with E-state index >= 15 is 0 Å². The molecular formula is C21H24N2O9. The highest BCUT2D eigenvalue weighted by molar-refractivity contribution is 6.08. The van der Waals surface area contributed by atoms with Crippen LogP contribution in [-0.4, -0.2) is 86.2 Å². The second-order valence-electron chi connectivity index (χ2n) is 7.28. The van der Waals surface area contributed by atoms with E-state index in [4.69, 9.17) is 9.84 Å². The number of ether oxygens (including phenoxy) is 1. The number of carbonyl (C=O) groups is 2. The van der Waals surface area contributed by atoms with E-state index in [9.17, 15) is 35.1 Å². The summed E-state index contributed by atoms with van der Waals surface area (Å²) >= 11 is 0. The molecule has 1 fully saturated rings. The quantitative estimate of drug-likeness (QED) is 0.281. The van der Waals surface area contributed by atoms with Crippen LogP contribution in [0, 0.1) is 0 Å². The molecule has 11 heteroatoms. The molecule has 0 spiro atoms. The summed E-state index contributed by atoms with van der Waals surface area (Å²) in [5.41, 5.74) is 0.448. The minimum absolute atomic E-state index is 0.0458. The van der Waals surface area contributed by atoms with Gasteiger partial charge in [0.15, 0.2) is 6.29 Å². The van der Waals surface area contributed by atoms with Gasteiger partial charge in [-0.25, -0.2) is 0 Å². The zero-order valence-corrected chi connectivity index (χ0v) is 16.8. The molecule has 0 saturated carbocycles. The Morgan fingerprint density at radius 2 is 1.47 bits per heavy atom. The molecule has 1 saturated heterocycles. The third-order valence-corrected chi connectivity index (χ3v) is 5.05. The first-order valence-corrected chi connectivity index (χ1v) is 9.71. The van der Waals surface area contributed by atoms with Crippen LogP contribution < -0.4 is 10.2 Å². The number of nitrogens with zero attached hydrogens (tertiary/aromatic N) is 1. The predicted octanol–water partition coefficient (Wildman–Crippen LogP) is -1.34. The van der Waals surface area contributed by atoms with E-state index < -0.39 is 55.6 Å². The van der Waals surface area contributed by atoms with Crippen molar-refractivity contribution < 1.29 is 45.0 Å². The highest BCUT2D eigenvalue weighted by atomic mass is 16.6. The number of phenolic OH excluding ortho intramolecular Hbond substituents is 2. The number of nitrogens with one attached hydrogen (secondary N) is 1. The number of amides is 2. The Morgan fingerprint density at radius 1 is 0.906 bits per heavy atom. The van der Waals surface area contributed by atoms with Crippen LogP contribution in [-0.2, 0) is 9.53 Å². The topological polar surface area (TPSA) is 180 Å². The molecule has 3 rings (SSSR count). The second kappa shape index (κ2) is 9.94. The number of aromatic hydroxyl groups is 2. The Kier molecular flexibility index (Phi) is 7.28. The van der Waals surface area contributed by atoms with Gasteiger partial charge in [0, 0.05) is 11.3 Å². The molecule has 2 amide bonds. The second-order valence-corrected chi connectivity index (χ2v) is 7.28. The normalized spacial score (nSPS) is 25.2. The van der Waals surface area contributed by atoms with Gasteiger partial charge in [0.2, 0.25) is 5.91 Å². The largest absolute Gasteiger partial charge is 0.508 e. The standard InChI is InChI=1S/C21H24N2O9/c24-10-15-18(28)19(29)17(21(31)32-15)22-16(27)9-23(12-3-7-14(26)8-4-12)20(30)11-1-5-13(25)6-2-11/h1-8,15,17-19,21,24-26,28-29,31H,9-10H2,(H,22,27)/t15-,17-,18-,19-,21-/m1/s1. The summed E-state index contributed by atoms with van der Waals surface area (Å²) < 4.78 is 5.01. The van der Waals surface area contributed by atoms with Gasteiger partial charge in [0.05, 0.1) is 6.61 Å². The summed E-state index contributed by atoms with van der Waals surface area (Å²) in [6, 6.07) is 9.46. The average Bonchev–Trinajstić information content (AvgIpc) is 2.78. The summed E-state index contributed by atoms with van der Waals surface area (Å²) in [5, 5.41) is 60.7. The fourth-order valence-electron chi connectivity index (χ4n) is 3.30. The molecular weight excluding hydrogens is 424 g/mol. The van der Waals surface area contributed by atoms with E-state index in [1.165, 1.54) is 48.5 Å². The van der Waals surface area contributed by atoms with E-state index in [0.29, 0.717) is 0 Å². The van der Waals surface area contributed by atoms with Gasteiger partial charge in [0.1, 0.15) is 42.4 Å². The first kappa shape index (κ1) is 23.4. The molecule has 0 radical (unpaired) electrons. The third-order valence-electron chi connectivity index (χ3n) is 5.05. The number of phenols is 2. The predicted molar refractivity (Wildman–Crippen MR) is 110 cm³/mol. The molecule has 5 atom stereocenters. The van der Waals surface area contributed by atoms with Gasteiger partial charge >= 0.3 is 0 Å². The van der Waals surface area contributed by atoms with Crippen LogP contribution >= 0.6 is 0 Å². The molecule has 0 unspecified atom stereocenters. The summed E-state index contributed by atoms with van der Waals surface area (Å²) in [6.45, 7) is -1.19. The molecule has 1 heterocycles. The van der Waals surface area contributed by atoms with E-state index in [0.717, 1.165) is 4.90 Å². The van der Waals surface area contributed by atoms with Crippen molar-refractivity contribution in [2.45, 2.75) is 30.6 Å². The molecule has 1 aliphatic heterocycles. The first-order valence-electron chi connectivity index (χ1n) is 9.71. The Morgan fingerprint density at radius 3 is 2.03 bits per heavy atom. The fourth-order valence-corrected chi connectivity index (χ4v) is 3.30. The number of benzene rings is 2. The van der Waals surface area contributed by atoms with E-state index in [-0.39, 0.29) is 22.7 Å². The van der Waals surface area contributed by atoms with Crippen molar-refractivity contribution in [2.75, 3.05) is 18.1 Å². The van der Waals surface area contributed by atoms with Gasteiger partial charge in [-0.3, -0.25) is 14.5 Å². The Balaban J connectivity index is 1.80. The maximum Gasteiger partial charge on any atom is 0.258 e. The molecule has 0 aliphatic carbocycles. The molecule has 172 valence electrons. The third kappa shape index (κ3) is 5.15. The maximum atomic E-state index is 13.0. The number of rotatable bonds is 6. The van der Waals surface area contributed by atoms with Crippen molar-refractivity contribution in [3.05, 3.63) is 54.1 Å². The van der Waals surface area contributed by atoms with Crippen LogP contribution in [0.5, 0.6) is 11.5 Å². The Labute approximate surface area is 182 Å². The van der Waals surface area contributed by atoms with E-state index in [1.807, 2.05) is 0 Å². The molecule has 2 aromatic rings. The number of carbonyl (C=O) groups excluding carboxylic acids is 2. The maximum absolute atomic E-state index is 13.0. The van der Waals surface area contributed by atoms with Crippen molar-refractivity contribution in [3.63, 3.8) is 0 Å². The summed E-state index contributed by atoms with van der Waals surface area (Å²) in [7, 11) is 0. The van der Waals surface area contributed by atoms with Gasteiger partial charge in [-0.05, 0) is 48.5 Å². The highest BCUT2D eigenvalue weighted by Crippen LogP contribution is 2.23. The van der Waals surface area contributed by atoms with Crippen LogP contribution in [0.3, 0.4) is 0 Å². The number of hydrogen-bond acceptors (Lipinski definition) is 9. The Hall–Kier alpha value is -3.22. The fraction of sp³-hybridized carbons (Fsp3) is 0.333. The van der Waals surface area contributed by atoms with Crippen molar-refractivity contribution in [3.8, 4) is 11.5 Å². The van der Waals surface area contributed by atoms with Gasteiger partial charge in [0.25, 0.3) is 5.91 Å². The van der Waals surface area contributed by atoms with Crippen LogP contribution in [0.25, 0.3) is 0 Å². The SMILES string of the molecule is O=C(CN(C(=O)c1ccc(O)cc1)c1ccc(O)cc1)N[C@@H]1[C@@H](O)[C@H](O)[C@@H](CO)O[C@H]1O. The van der Waals surface area contributed by atoms with Crippen LogP contribution in [0.15, 0.2) is 48.5 Å². The smallest absolute Gasteiger partial charge is 0.258 e. The molecule has 2 aromatic carbocycles. The van der Waals surface area contributed by atoms with E-state index in [1.54, 1.807) is 0 Å². The molecule has 32 heavy (non-hydrogen) atoms. The monoisotopic (exact) mass is 448 g/mol. The summed E-state index contributed by atoms with van der Waals surface area (Å²) in [4.78, 5) is 26.8. The summed E-state index contributed by atoms with van der Waals surface area (Å²) in [6.07, 6.45) is -6.11. The van der Waals surface area contributed by atoms with Gasteiger partial charge < -0.3 is 40.7 Å². The van der Waals surface area contributed by atoms with Crippen LogP contribution in [0.1, 0.15) is 10.4 Å². The van der Waals surface area contributed by atoms with Crippen LogP contribution in [0.4, 0.5) is 5.69 Å². The zero-order chi connectivity index (χ0) is 23.4. The molecule has 0 bridgehead atoms. The lowest BCUT2D eigenvalue weighted by Crippen LogP contribution is -2.64. The number of hydrogen-bond donors (Lipinski definition) is 7. The lowest BCUT2D eigenvalue weighted by atomic mass is 9.97. The van der Waals surface area contributed by atoms with Gasteiger partial charge in [-0.2, -0.15) is 0 Å². The van der Waals surface area contributed by atoms with Gasteiger partial charge in [-0.1, -0.05) is 0 Å². The molecule has 0 aromatic heterocycles. The molecule has 11 nitrogen and oxygen atoms in total. The number of anilines is 1. The Bertz CT molecular complexity index is 935. The minimum Gasteiger partial charge on any atom is -0.508 e. The number of aliphatic hydroxyl groups is 4. The van der Waals surface area contributed by atoms with Crippen molar-refractivity contribution in [2.24, 2.45) is 0 Å². The van der Waals surface area contributed by atoms with Crippen molar-refractivity contribution >= 4 is 17.5 Å².